The second-order valence-electron chi connectivity index (χ2n) is 4.80. The zero-order chi connectivity index (χ0) is 11.3. The van der Waals surface area contributed by atoms with Crippen molar-refractivity contribution in [3.63, 3.8) is 0 Å². The van der Waals surface area contributed by atoms with Gasteiger partial charge >= 0.3 is 0 Å². The molecule has 0 aromatic carbocycles. The van der Waals surface area contributed by atoms with Gasteiger partial charge in [0.05, 0.1) is 5.60 Å². The molecule has 1 heterocycles. The normalized spacial score (nSPS) is 25.4. The van der Waals surface area contributed by atoms with E-state index < -0.39 is 0 Å². The summed E-state index contributed by atoms with van der Waals surface area (Å²) in [7, 11) is 0. The van der Waals surface area contributed by atoms with Gasteiger partial charge in [-0.3, -0.25) is 4.90 Å². The van der Waals surface area contributed by atoms with Crippen LogP contribution in [0.1, 0.15) is 53.4 Å². The van der Waals surface area contributed by atoms with E-state index in [0.717, 1.165) is 6.61 Å². The van der Waals surface area contributed by atoms with Gasteiger partial charge in [-0.1, -0.05) is 13.8 Å². The van der Waals surface area contributed by atoms with Crippen LogP contribution in [0.5, 0.6) is 0 Å². The van der Waals surface area contributed by atoms with Crippen molar-refractivity contribution < 1.29 is 4.74 Å². The van der Waals surface area contributed by atoms with Crippen molar-refractivity contribution in [2.75, 3.05) is 19.7 Å². The molecule has 2 fully saturated rings. The summed E-state index contributed by atoms with van der Waals surface area (Å²) in [6.07, 6.45) is 5.15. The summed E-state index contributed by atoms with van der Waals surface area (Å²) in [4.78, 5) is 2.58. The zero-order valence-corrected chi connectivity index (χ0v) is 10.9. The Morgan fingerprint density at radius 2 is 1.80 bits per heavy atom. The van der Waals surface area contributed by atoms with Gasteiger partial charge in [0.1, 0.15) is 0 Å². The summed E-state index contributed by atoms with van der Waals surface area (Å²) in [5, 5.41) is 0. The molecule has 0 amide bonds. The van der Waals surface area contributed by atoms with E-state index in [4.69, 9.17) is 4.74 Å². The van der Waals surface area contributed by atoms with E-state index in [1.165, 1.54) is 38.8 Å². The van der Waals surface area contributed by atoms with Crippen LogP contribution < -0.4 is 0 Å². The first kappa shape index (κ1) is 13.0. The summed E-state index contributed by atoms with van der Waals surface area (Å²) in [5.41, 5.74) is 0.265. The fourth-order valence-corrected chi connectivity index (χ4v) is 2.37. The number of nitrogens with zero attached hydrogens (tertiary/aromatic N) is 1. The van der Waals surface area contributed by atoms with Gasteiger partial charge in [0.15, 0.2) is 0 Å². The van der Waals surface area contributed by atoms with E-state index in [2.05, 4.69) is 18.7 Å². The topological polar surface area (TPSA) is 12.5 Å². The quantitative estimate of drug-likeness (QED) is 0.664. The lowest BCUT2D eigenvalue weighted by molar-refractivity contribution is -0.102. The summed E-state index contributed by atoms with van der Waals surface area (Å²) >= 11 is 0. The standard InChI is InChI=1S/C11H21NO.C2H6/c1-10(2)12-7-4-8-13-11(9-12)5-3-6-11;1-2/h10H,3-9H2,1-2H3;1-2H3. The van der Waals surface area contributed by atoms with Crippen molar-refractivity contribution in [1.29, 1.82) is 0 Å². The number of hydrogen-bond donors (Lipinski definition) is 0. The molecule has 1 saturated carbocycles. The van der Waals surface area contributed by atoms with E-state index >= 15 is 0 Å². The Hall–Kier alpha value is -0.0800. The molecule has 1 aliphatic carbocycles. The largest absolute Gasteiger partial charge is 0.374 e. The van der Waals surface area contributed by atoms with Gasteiger partial charge in [0, 0.05) is 25.7 Å². The molecule has 0 unspecified atom stereocenters. The van der Waals surface area contributed by atoms with Gasteiger partial charge in [-0.05, 0) is 39.5 Å². The third-order valence-electron chi connectivity index (χ3n) is 3.48. The highest BCUT2D eigenvalue weighted by molar-refractivity contribution is 4.94. The zero-order valence-electron chi connectivity index (χ0n) is 10.9. The summed E-state index contributed by atoms with van der Waals surface area (Å²) < 4.78 is 5.97. The molecule has 0 atom stereocenters. The summed E-state index contributed by atoms with van der Waals surface area (Å²) in [6.45, 7) is 11.9. The molecule has 0 aromatic heterocycles. The monoisotopic (exact) mass is 213 g/mol. The molecule has 2 heteroatoms. The molecule has 90 valence electrons. The minimum atomic E-state index is 0.265. The highest BCUT2D eigenvalue weighted by Crippen LogP contribution is 2.38. The van der Waals surface area contributed by atoms with Gasteiger partial charge in [-0.2, -0.15) is 0 Å². The van der Waals surface area contributed by atoms with Crippen LogP contribution in [0, 0.1) is 0 Å². The molecule has 0 N–H and O–H groups in total. The van der Waals surface area contributed by atoms with Gasteiger partial charge in [-0.15, -0.1) is 0 Å². The Morgan fingerprint density at radius 3 is 2.27 bits per heavy atom. The lowest BCUT2D eigenvalue weighted by Crippen LogP contribution is -2.50. The van der Waals surface area contributed by atoms with E-state index in [1.807, 2.05) is 13.8 Å². The predicted molar refractivity (Wildman–Crippen MR) is 65.2 cm³/mol. The number of rotatable bonds is 1. The Balaban J connectivity index is 0.000000531. The van der Waals surface area contributed by atoms with Crippen LogP contribution in [0.15, 0.2) is 0 Å². The summed E-state index contributed by atoms with van der Waals surface area (Å²) in [5.74, 6) is 0. The van der Waals surface area contributed by atoms with Crippen LogP contribution in [-0.4, -0.2) is 36.2 Å². The average Bonchev–Trinajstić information content (AvgIpc) is 2.42. The fraction of sp³-hybridized carbons (Fsp3) is 1.00. The van der Waals surface area contributed by atoms with Crippen LogP contribution in [-0.2, 0) is 4.74 Å². The number of hydrogen-bond acceptors (Lipinski definition) is 2. The highest BCUT2D eigenvalue weighted by atomic mass is 16.5. The maximum absolute atomic E-state index is 5.97. The first-order valence-electron chi connectivity index (χ1n) is 6.60. The minimum Gasteiger partial charge on any atom is -0.374 e. The van der Waals surface area contributed by atoms with Gasteiger partial charge in [0.25, 0.3) is 0 Å². The van der Waals surface area contributed by atoms with E-state index in [9.17, 15) is 0 Å². The van der Waals surface area contributed by atoms with E-state index in [1.54, 1.807) is 0 Å². The van der Waals surface area contributed by atoms with Crippen molar-refractivity contribution in [2.45, 2.75) is 65.0 Å². The molecule has 0 radical (unpaired) electrons. The molecule has 1 aliphatic heterocycles. The maximum atomic E-state index is 5.97. The van der Waals surface area contributed by atoms with Crippen molar-refractivity contribution in [1.82, 2.24) is 4.90 Å². The Morgan fingerprint density at radius 1 is 1.13 bits per heavy atom. The van der Waals surface area contributed by atoms with Crippen LogP contribution in [0.25, 0.3) is 0 Å². The predicted octanol–water partition coefficient (Wildman–Crippen LogP) is 3.07. The van der Waals surface area contributed by atoms with Crippen molar-refractivity contribution in [2.24, 2.45) is 0 Å². The smallest absolute Gasteiger partial charge is 0.0808 e. The Kier molecular flexibility index (Phi) is 5.07. The number of ether oxygens (including phenoxy) is 1. The van der Waals surface area contributed by atoms with E-state index in [0.29, 0.717) is 6.04 Å². The highest BCUT2D eigenvalue weighted by Gasteiger charge is 2.41. The Labute approximate surface area is 95.0 Å². The second-order valence-corrected chi connectivity index (χ2v) is 4.80. The van der Waals surface area contributed by atoms with Gasteiger partial charge < -0.3 is 4.74 Å². The first-order chi connectivity index (χ1) is 7.22. The van der Waals surface area contributed by atoms with Crippen LogP contribution in [0.4, 0.5) is 0 Å². The van der Waals surface area contributed by atoms with Crippen molar-refractivity contribution in [3.8, 4) is 0 Å². The third kappa shape index (κ3) is 3.18. The van der Waals surface area contributed by atoms with Crippen LogP contribution in [0.2, 0.25) is 0 Å². The maximum Gasteiger partial charge on any atom is 0.0808 e. The summed E-state index contributed by atoms with van der Waals surface area (Å²) in [6, 6.07) is 0.680. The Bertz CT molecular complexity index is 175. The lowest BCUT2D eigenvalue weighted by atomic mass is 9.79. The van der Waals surface area contributed by atoms with Gasteiger partial charge in [0.2, 0.25) is 0 Å². The molecule has 0 bridgehead atoms. The fourth-order valence-electron chi connectivity index (χ4n) is 2.37. The van der Waals surface area contributed by atoms with E-state index in [-0.39, 0.29) is 5.60 Å². The third-order valence-corrected chi connectivity index (χ3v) is 3.48. The second kappa shape index (κ2) is 5.86. The SMILES string of the molecule is CC.CC(C)N1CCCOC2(CCC2)C1. The molecule has 2 aliphatic rings. The van der Waals surface area contributed by atoms with Crippen molar-refractivity contribution >= 4 is 0 Å². The van der Waals surface area contributed by atoms with Gasteiger partial charge in [-0.25, -0.2) is 0 Å². The first-order valence-corrected chi connectivity index (χ1v) is 6.60. The molecule has 1 spiro atoms. The molecule has 15 heavy (non-hydrogen) atoms. The van der Waals surface area contributed by atoms with Crippen molar-refractivity contribution in [3.05, 3.63) is 0 Å². The van der Waals surface area contributed by atoms with Crippen LogP contribution in [0.3, 0.4) is 0 Å². The van der Waals surface area contributed by atoms with Crippen LogP contribution >= 0.6 is 0 Å². The molecular formula is C13H27NO. The molecule has 1 saturated heterocycles. The molecule has 0 aromatic rings. The molecular weight excluding hydrogens is 186 g/mol. The average molecular weight is 213 g/mol. The minimum absolute atomic E-state index is 0.265. The lowest BCUT2D eigenvalue weighted by Gasteiger charge is -2.43. The molecule has 2 rings (SSSR count). The molecule has 2 nitrogen and oxygen atoms in total.